The topological polar surface area (TPSA) is 59.1 Å². The van der Waals surface area contributed by atoms with E-state index in [4.69, 9.17) is 21.1 Å². The zero-order valence-corrected chi connectivity index (χ0v) is 23.5. The average Bonchev–Trinajstić information content (AvgIpc) is 2.89. The predicted octanol–water partition coefficient (Wildman–Crippen LogP) is 6.22. The molecule has 7 heteroatoms. The van der Waals surface area contributed by atoms with Gasteiger partial charge in [0.2, 0.25) is 5.91 Å². The molecule has 0 radical (unpaired) electrons. The molecule has 1 atom stereocenters. The summed E-state index contributed by atoms with van der Waals surface area (Å²) >= 11 is 6.32. The number of amides is 1. The number of halogens is 1. The fraction of sp³-hybridized carbons (Fsp3) is 0.533. The Morgan fingerprint density at radius 2 is 2.03 bits per heavy atom. The Bertz CT molecular complexity index is 1040. The maximum atomic E-state index is 12.7. The van der Waals surface area contributed by atoms with Crippen LogP contribution < -0.4 is 9.64 Å². The number of nitrogens with zero attached hydrogens (tertiary/aromatic N) is 2. The monoisotopic (exact) mass is 528 g/mol. The minimum atomic E-state index is -0.679. The van der Waals surface area contributed by atoms with Crippen molar-refractivity contribution >= 4 is 29.2 Å². The van der Waals surface area contributed by atoms with Gasteiger partial charge in [0.25, 0.3) is 0 Å². The van der Waals surface area contributed by atoms with Crippen LogP contribution in [0.3, 0.4) is 0 Å². The second-order valence-electron chi connectivity index (χ2n) is 10.2. The maximum Gasteiger partial charge on any atom is 0.313 e. The van der Waals surface area contributed by atoms with E-state index in [1.54, 1.807) is 14.1 Å². The van der Waals surface area contributed by atoms with Crippen molar-refractivity contribution in [1.29, 1.82) is 0 Å². The fourth-order valence-corrected chi connectivity index (χ4v) is 4.86. The van der Waals surface area contributed by atoms with Crippen molar-refractivity contribution < 1.29 is 19.1 Å². The molecule has 0 aromatic heterocycles. The molecule has 0 N–H and O–H groups in total. The number of hydrogen-bond donors (Lipinski definition) is 0. The summed E-state index contributed by atoms with van der Waals surface area (Å²) in [6, 6.07) is 5.81. The van der Waals surface area contributed by atoms with Crippen LogP contribution >= 0.6 is 11.6 Å². The first-order valence-corrected chi connectivity index (χ1v) is 13.6. The minimum absolute atomic E-state index is 0.0542. The number of fused-ring (bicyclic) bond motifs is 1. The molecule has 1 aliphatic carbocycles. The smallest absolute Gasteiger partial charge is 0.313 e. The highest BCUT2D eigenvalue weighted by Crippen LogP contribution is 2.38. The molecule has 0 spiro atoms. The predicted molar refractivity (Wildman–Crippen MR) is 150 cm³/mol. The molecule has 1 heterocycles. The molecule has 1 aromatic rings. The van der Waals surface area contributed by atoms with E-state index in [2.05, 4.69) is 11.5 Å². The number of benzene rings is 1. The molecular weight excluding hydrogens is 488 g/mol. The first-order valence-electron chi connectivity index (χ1n) is 13.2. The highest BCUT2D eigenvalue weighted by Gasteiger charge is 2.29. The number of anilines is 1. The van der Waals surface area contributed by atoms with Gasteiger partial charge in [-0.15, -0.1) is 0 Å². The Labute approximate surface area is 226 Å². The normalized spacial score (nSPS) is 19.3. The van der Waals surface area contributed by atoms with Gasteiger partial charge in [-0.25, -0.2) is 0 Å². The van der Waals surface area contributed by atoms with E-state index in [9.17, 15) is 9.59 Å². The van der Waals surface area contributed by atoms with Gasteiger partial charge in [0.05, 0.1) is 18.7 Å². The highest BCUT2D eigenvalue weighted by molar-refractivity contribution is 6.31. The molecule has 1 aromatic carbocycles. The Morgan fingerprint density at radius 3 is 2.65 bits per heavy atom. The van der Waals surface area contributed by atoms with Gasteiger partial charge in [0.15, 0.2) is 0 Å². The number of rotatable bonds is 7. The van der Waals surface area contributed by atoms with E-state index >= 15 is 0 Å². The van der Waals surface area contributed by atoms with Gasteiger partial charge >= 0.3 is 5.97 Å². The molecule has 202 valence electrons. The van der Waals surface area contributed by atoms with Crippen molar-refractivity contribution in [3.05, 3.63) is 58.7 Å². The summed E-state index contributed by atoms with van der Waals surface area (Å²) in [5.74, 6) is 0.200. The van der Waals surface area contributed by atoms with Crippen LogP contribution in [0.5, 0.6) is 5.75 Å². The van der Waals surface area contributed by atoms with Crippen molar-refractivity contribution in [3.63, 3.8) is 0 Å². The molecular formula is C30H41ClN2O4. The first-order chi connectivity index (χ1) is 17.7. The molecule has 1 amide bonds. The molecule has 37 heavy (non-hydrogen) atoms. The second-order valence-corrected chi connectivity index (χ2v) is 10.7. The largest absolute Gasteiger partial charge is 0.487 e. The lowest BCUT2D eigenvalue weighted by Crippen LogP contribution is -2.34. The van der Waals surface area contributed by atoms with Crippen LogP contribution in [0.1, 0.15) is 63.4 Å². The number of esters is 1. The molecule has 2 aliphatic rings. The lowest BCUT2D eigenvalue weighted by molar-refractivity contribution is -0.145. The number of carbonyl (C=O) groups is 2. The summed E-state index contributed by atoms with van der Waals surface area (Å²) in [7, 11) is 4.75. The first kappa shape index (κ1) is 28.8. The third-order valence-electron chi connectivity index (χ3n) is 7.36. The molecule has 3 rings (SSSR count). The standard InChI is InChI=1S/C30H41ClN2O4/c1-6-25(31)16-23-12-7-8-15-33(19-22-10-9-11-22)27-17-24(13-14-28(27)37-20-21(23)2)26(30(35)36-5)18-29(34)32(3)4/h6,13-14,16-17,22,26H,2,7-12,15,18-20H2,1,3-5H3/b23-16-,25-6+/t26-/m0/s1. The molecule has 0 saturated heterocycles. The third kappa shape index (κ3) is 7.88. The Balaban J connectivity index is 1.99. The molecule has 0 unspecified atom stereocenters. The van der Waals surface area contributed by atoms with Crippen molar-refractivity contribution in [1.82, 2.24) is 4.90 Å². The third-order valence-corrected chi connectivity index (χ3v) is 7.69. The van der Waals surface area contributed by atoms with Crippen LogP contribution in [0, 0.1) is 5.92 Å². The highest BCUT2D eigenvalue weighted by atomic mass is 35.5. The van der Waals surface area contributed by atoms with Crippen LogP contribution in [-0.4, -0.2) is 57.7 Å². The molecule has 6 nitrogen and oxygen atoms in total. The van der Waals surface area contributed by atoms with Gasteiger partial charge in [-0.3, -0.25) is 9.59 Å². The van der Waals surface area contributed by atoms with Crippen molar-refractivity contribution in [3.8, 4) is 5.75 Å². The van der Waals surface area contributed by atoms with Crippen molar-refractivity contribution in [2.75, 3.05) is 45.8 Å². The summed E-state index contributed by atoms with van der Waals surface area (Å²) in [5.41, 5.74) is 3.74. The van der Waals surface area contributed by atoms with E-state index in [0.29, 0.717) is 17.6 Å². The van der Waals surface area contributed by atoms with Crippen molar-refractivity contribution in [2.45, 2.75) is 57.8 Å². The molecule has 0 bridgehead atoms. The van der Waals surface area contributed by atoms with Crippen LogP contribution in [-0.2, 0) is 14.3 Å². The van der Waals surface area contributed by atoms with Crippen LogP contribution in [0.25, 0.3) is 0 Å². The SMILES string of the molecule is C=C1COc2ccc([C@H](CC(=O)N(C)C)C(=O)OC)cc2N(CC2CCC2)CCCC/C1=C/C(Cl)=C\C. The number of carbonyl (C=O) groups excluding carboxylic acids is 2. The van der Waals surface area contributed by atoms with E-state index in [1.165, 1.54) is 31.3 Å². The van der Waals surface area contributed by atoms with E-state index in [0.717, 1.165) is 60.5 Å². The zero-order chi connectivity index (χ0) is 26.9. The van der Waals surface area contributed by atoms with Crippen LogP contribution in [0.4, 0.5) is 5.69 Å². The quantitative estimate of drug-likeness (QED) is 0.393. The van der Waals surface area contributed by atoms with E-state index < -0.39 is 11.9 Å². The summed E-state index contributed by atoms with van der Waals surface area (Å²) in [6.07, 6.45) is 10.6. The summed E-state index contributed by atoms with van der Waals surface area (Å²) in [4.78, 5) is 29.2. The Morgan fingerprint density at radius 1 is 1.27 bits per heavy atom. The van der Waals surface area contributed by atoms with Gasteiger partial charge in [-0.1, -0.05) is 36.7 Å². The zero-order valence-electron chi connectivity index (χ0n) is 22.7. The number of allylic oxidation sites excluding steroid dienone is 3. The second kappa shape index (κ2) is 13.7. The number of methoxy groups -OCH3 is 1. The van der Waals surface area contributed by atoms with E-state index in [-0.39, 0.29) is 12.3 Å². The van der Waals surface area contributed by atoms with Gasteiger partial charge in [0.1, 0.15) is 12.4 Å². The van der Waals surface area contributed by atoms with Crippen LogP contribution in [0.15, 0.2) is 53.1 Å². The van der Waals surface area contributed by atoms with E-state index in [1.807, 2.05) is 37.3 Å². The van der Waals surface area contributed by atoms with Gasteiger partial charge in [-0.05, 0) is 79.9 Å². The summed E-state index contributed by atoms with van der Waals surface area (Å²) in [6.45, 7) is 8.39. The van der Waals surface area contributed by atoms with Gasteiger partial charge in [-0.2, -0.15) is 0 Å². The number of ether oxygens (including phenoxy) is 2. The lowest BCUT2D eigenvalue weighted by atomic mass is 9.85. The minimum Gasteiger partial charge on any atom is -0.487 e. The van der Waals surface area contributed by atoms with Gasteiger partial charge in [0, 0.05) is 38.6 Å². The Kier molecular flexibility index (Phi) is 10.7. The average molecular weight is 529 g/mol. The lowest BCUT2D eigenvalue weighted by Gasteiger charge is -2.35. The van der Waals surface area contributed by atoms with Gasteiger partial charge < -0.3 is 19.3 Å². The molecule has 1 saturated carbocycles. The summed E-state index contributed by atoms with van der Waals surface area (Å²) < 4.78 is 11.4. The molecule has 1 aliphatic heterocycles. The van der Waals surface area contributed by atoms with Crippen molar-refractivity contribution in [2.24, 2.45) is 5.92 Å². The Hall–Kier alpha value is -2.73. The fourth-order valence-electron chi connectivity index (χ4n) is 4.73. The summed E-state index contributed by atoms with van der Waals surface area (Å²) in [5, 5.41) is 0.698. The molecule has 1 fully saturated rings. The maximum absolute atomic E-state index is 12.7. The van der Waals surface area contributed by atoms with Crippen LogP contribution in [0.2, 0.25) is 0 Å². The number of hydrogen-bond acceptors (Lipinski definition) is 5.